The first-order valence-corrected chi connectivity index (χ1v) is 10.9. The van der Waals surface area contributed by atoms with Crippen molar-refractivity contribution in [3.05, 3.63) is 23.5 Å². The summed E-state index contributed by atoms with van der Waals surface area (Å²) in [5, 5.41) is 2.83. The van der Waals surface area contributed by atoms with Crippen molar-refractivity contribution in [3.8, 4) is 0 Å². The maximum absolute atomic E-state index is 13.3. The van der Waals surface area contributed by atoms with Crippen molar-refractivity contribution in [2.45, 2.75) is 25.2 Å². The van der Waals surface area contributed by atoms with Crippen molar-refractivity contribution in [1.82, 2.24) is 14.5 Å². The minimum Gasteiger partial charge on any atom is -0.375 e. The van der Waals surface area contributed by atoms with Crippen molar-refractivity contribution in [3.63, 3.8) is 0 Å². The van der Waals surface area contributed by atoms with Crippen molar-refractivity contribution < 1.29 is 14.3 Å². The number of carbonyl (C=O) groups is 2. The van der Waals surface area contributed by atoms with Crippen LogP contribution in [0.15, 0.2) is 12.1 Å². The van der Waals surface area contributed by atoms with Crippen LogP contribution < -0.4 is 5.32 Å². The van der Waals surface area contributed by atoms with Gasteiger partial charge >= 0.3 is 0 Å². The average Bonchev–Trinajstić information content (AvgIpc) is 2.96. The number of carbonyl (C=O) groups excluding carboxylic acids is 2. The molecule has 4 rings (SSSR count). The fraction of sp³-hybridized carbons (Fsp3) is 0.550. The maximum atomic E-state index is 13.3. The van der Waals surface area contributed by atoms with Gasteiger partial charge in [-0.2, -0.15) is 11.8 Å². The highest BCUT2D eigenvalue weighted by Crippen LogP contribution is 2.38. The predicted molar refractivity (Wildman–Crippen MR) is 111 cm³/mol. The topological polar surface area (TPSA) is 76.5 Å². The number of nitrogens with one attached hydrogen (secondary N) is 1. The van der Waals surface area contributed by atoms with Gasteiger partial charge < -0.3 is 19.5 Å². The van der Waals surface area contributed by atoms with E-state index >= 15 is 0 Å². The van der Waals surface area contributed by atoms with E-state index in [0.717, 1.165) is 54.3 Å². The Bertz CT molecular complexity index is 900. The molecule has 150 valence electrons. The molecule has 0 atom stereocenters. The molecule has 2 aromatic rings. The molecule has 28 heavy (non-hydrogen) atoms. The van der Waals surface area contributed by atoms with Gasteiger partial charge in [0, 0.05) is 50.4 Å². The van der Waals surface area contributed by atoms with Gasteiger partial charge in [0.2, 0.25) is 5.91 Å². The number of hydrogen-bond donors (Lipinski definition) is 1. The highest BCUT2D eigenvalue weighted by molar-refractivity contribution is 7.99. The molecule has 0 bridgehead atoms. The summed E-state index contributed by atoms with van der Waals surface area (Å²) in [6.45, 7) is 1.47. The number of imidazole rings is 1. The molecular weight excluding hydrogens is 376 g/mol. The number of thioether (sulfide) groups is 1. The Morgan fingerprint density at radius 1 is 1.29 bits per heavy atom. The largest absolute Gasteiger partial charge is 0.375 e. The van der Waals surface area contributed by atoms with Crippen LogP contribution in [-0.4, -0.2) is 64.6 Å². The molecule has 1 saturated heterocycles. The van der Waals surface area contributed by atoms with Crippen LogP contribution in [0.25, 0.3) is 11.0 Å². The van der Waals surface area contributed by atoms with Crippen LogP contribution in [0.1, 0.15) is 41.4 Å². The Hall–Kier alpha value is -2.06. The molecule has 1 aliphatic heterocycles. The number of nitrogens with zero attached hydrogens (tertiary/aromatic N) is 3. The quantitative estimate of drug-likeness (QED) is 0.832. The molecule has 1 saturated carbocycles. The Kier molecular flexibility index (Phi) is 5.59. The zero-order valence-electron chi connectivity index (χ0n) is 16.4. The number of anilines is 1. The van der Waals surface area contributed by atoms with E-state index in [9.17, 15) is 9.59 Å². The number of amides is 2. The smallest absolute Gasteiger partial charge is 0.256 e. The summed E-state index contributed by atoms with van der Waals surface area (Å²) in [7, 11) is 3.48. The van der Waals surface area contributed by atoms with Gasteiger partial charge in [-0.1, -0.05) is 6.42 Å². The molecular formula is C20H26N4O3S. The Morgan fingerprint density at radius 3 is 2.68 bits per heavy atom. The van der Waals surface area contributed by atoms with E-state index in [-0.39, 0.29) is 18.4 Å². The molecule has 0 unspecified atom stereocenters. The molecule has 1 N–H and O–H groups in total. The Labute approximate surface area is 168 Å². The van der Waals surface area contributed by atoms with Gasteiger partial charge in [-0.3, -0.25) is 9.59 Å². The molecule has 2 heterocycles. The second-order valence-corrected chi connectivity index (χ2v) is 8.66. The lowest BCUT2D eigenvalue weighted by Gasteiger charge is -2.27. The number of fused-ring (bicyclic) bond motifs is 1. The molecule has 0 spiro atoms. The molecule has 1 aromatic carbocycles. The highest BCUT2D eigenvalue weighted by Gasteiger charge is 2.28. The van der Waals surface area contributed by atoms with E-state index in [4.69, 9.17) is 9.72 Å². The van der Waals surface area contributed by atoms with Gasteiger partial charge in [-0.15, -0.1) is 0 Å². The van der Waals surface area contributed by atoms with Gasteiger partial charge in [0.25, 0.3) is 5.91 Å². The number of benzene rings is 1. The van der Waals surface area contributed by atoms with Crippen molar-refractivity contribution >= 4 is 40.3 Å². The summed E-state index contributed by atoms with van der Waals surface area (Å²) in [4.78, 5) is 32.1. The molecule has 1 aromatic heterocycles. The summed E-state index contributed by atoms with van der Waals surface area (Å²) >= 11 is 1.87. The minimum atomic E-state index is -0.246. The van der Waals surface area contributed by atoms with Crippen LogP contribution in [0.3, 0.4) is 0 Å². The van der Waals surface area contributed by atoms with Crippen molar-refractivity contribution in [2.75, 3.05) is 43.6 Å². The summed E-state index contributed by atoms with van der Waals surface area (Å²) < 4.78 is 6.98. The zero-order chi connectivity index (χ0) is 19.7. The van der Waals surface area contributed by atoms with Crippen LogP contribution >= 0.6 is 11.8 Å². The van der Waals surface area contributed by atoms with Crippen molar-refractivity contribution in [1.29, 1.82) is 0 Å². The predicted octanol–water partition coefficient (Wildman–Crippen LogP) is 2.61. The molecule has 7 nitrogen and oxygen atoms in total. The van der Waals surface area contributed by atoms with Gasteiger partial charge in [-0.05, 0) is 25.0 Å². The van der Waals surface area contributed by atoms with E-state index in [1.165, 1.54) is 13.5 Å². The van der Waals surface area contributed by atoms with Crippen LogP contribution in [0.5, 0.6) is 0 Å². The van der Waals surface area contributed by atoms with Crippen LogP contribution in [0.2, 0.25) is 0 Å². The fourth-order valence-corrected chi connectivity index (χ4v) is 4.80. The van der Waals surface area contributed by atoms with Crippen LogP contribution in [-0.2, 0) is 16.6 Å². The summed E-state index contributed by atoms with van der Waals surface area (Å²) in [6, 6.07) is 3.64. The first-order valence-electron chi connectivity index (χ1n) is 9.74. The Balaban J connectivity index is 1.77. The first-order chi connectivity index (χ1) is 13.6. The second-order valence-electron chi connectivity index (χ2n) is 7.43. The highest BCUT2D eigenvalue weighted by atomic mass is 32.2. The molecule has 8 heteroatoms. The molecule has 1 aliphatic carbocycles. The standard InChI is InChI=1S/C20H26N4O3S/c1-23-18-15(20(26)24-6-8-28-9-7-24)10-14(21-17(25)12-27-2)11-16(18)22-19(23)13-4-3-5-13/h10-11,13H,3-9,12H2,1-2H3,(H,21,25). The lowest BCUT2D eigenvalue weighted by atomic mass is 9.85. The number of aromatic nitrogens is 2. The van der Waals surface area contributed by atoms with Gasteiger partial charge in [0.1, 0.15) is 12.4 Å². The van der Waals surface area contributed by atoms with Gasteiger partial charge in [-0.25, -0.2) is 4.98 Å². The third-order valence-electron chi connectivity index (χ3n) is 5.56. The molecule has 0 radical (unpaired) electrons. The number of aryl methyl sites for hydroxylation is 1. The van der Waals surface area contributed by atoms with E-state index in [2.05, 4.69) is 9.88 Å². The van der Waals surface area contributed by atoms with Gasteiger partial charge in [0.15, 0.2) is 0 Å². The number of ether oxygens (including phenoxy) is 1. The second kappa shape index (κ2) is 8.13. The molecule has 2 fully saturated rings. The van der Waals surface area contributed by atoms with Crippen molar-refractivity contribution in [2.24, 2.45) is 7.05 Å². The van der Waals surface area contributed by atoms with E-state index in [0.29, 0.717) is 17.2 Å². The van der Waals surface area contributed by atoms with Crippen LogP contribution in [0, 0.1) is 0 Å². The Morgan fingerprint density at radius 2 is 2.04 bits per heavy atom. The summed E-state index contributed by atoms with van der Waals surface area (Å²) in [5.74, 6) is 3.17. The monoisotopic (exact) mass is 402 g/mol. The lowest BCUT2D eigenvalue weighted by Crippen LogP contribution is -2.38. The minimum absolute atomic E-state index is 0.0105. The lowest BCUT2D eigenvalue weighted by molar-refractivity contribution is -0.119. The third kappa shape index (κ3) is 3.63. The van der Waals surface area contributed by atoms with Crippen LogP contribution in [0.4, 0.5) is 5.69 Å². The summed E-state index contributed by atoms with van der Waals surface area (Å²) in [6.07, 6.45) is 3.51. The SMILES string of the molecule is COCC(=O)Nc1cc(C(=O)N2CCSCC2)c2c(c1)nc(C1CCC1)n2C. The third-order valence-corrected chi connectivity index (χ3v) is 6.50. The van der Waals surface area contributed by atoms with E-state index in [1.54, 1.807) is 6.07 Å². The number of hydrogen-bond acceptors (Lipinski definition) is 5. The molecule has 2 aliphatic rings. The normalized spacial score (nSPS) is 17.6. The summed E-state index contributed by atoms with van der Waals surface area (Å²) in [5.41, 5.74) is 2.81. The maximum Gasteiger partial charge on any atom is 0.256 e. The number of rotatable bonds is 5. The average molecular weight is 403 g/mol. The van der Waals surface area contributed by atoms with Gasteiger partial charge in [0.05, 0.1) is 16.6 Å². The number of methoxy groups -OCH3 is 1. The fourth-order valence-electron chi connectivity index (χ4n) is 3.90. The molecule has 2 amide bonds. The first kappa shape index (κ1) is 19.3. The zero-order valence-corrected chi connectivity index (χ0v) is 17.2. The van der Waals surface area contributed by atoms with E-state index in [1.807, 2.05) is 29.8 Å². The van der Waals surface area contributed by atoms with E-state index < -0.39 is 0 Å².